The van der Waals surface area contributed by atoms with Crippen molar-refractivity contribution in [2.45, 2.75) is 44.6 Å². The average Bonchev–Trinajstić information content (AvgIpc) is 2.46. The number of aliphatic hydroxyl groups is 1. The monoisotopic (exact) mass is 333 g/mol. The summed E-state index contributed by atoms with van der Waals surface area (Å²) in [5.41, 5.74) is 0. The molecule has 0 unspecified atom stereocenters. The summed E-state index contributed by atoms with van der Waals surface area (Å²) < 4.78 is 16.2. The normalized spacial score (nSPS) is 16.8. The molecule has 0 atom stereocenters. The Morgan fingerprint density at radius 2 is 1.82 bits per heavy atom. The second-order valence-electron chi connectivity index (χ2n) is 6.82. The number of hydrogen-bond donors (Lipinski definition) is 1. The first-order valence-corrected chi connectivity index (χ1v) is 11.8. The van der Waals surface area contributed by atoms with Gasteiger partial charge in [0.05, 0.1) is 39.1 Å². The fraction of sp³-hybridized carbons (Fsp3) is 0.933. The van der Waals surface area contributed by atoms with E-state index in [-0.39, 0.29) is 18.8 Å². The third kappa shape index (κ3) is 8.72. The fourth-order valence-corrected chi connectivity index (χ4v) is 2.90. The van der Waals surface area contributed by atoms with Gasteiger partial charge in [-0.3, -0.25) is 0 Å². The number of amides is 1. The van der Waals surface area contributed by atoms with Gasteiger partial charge in [-0.15, -0.1) is 0 Å². The van der Waals surface area contributed by atoms with Gasteiger partial charge in [-0.1, -0.05) is 19.6 Å². The van der Waals surface area contributed by atoms with Gasteiger partial charge < -0.3 is 24.2 Å². The van der Waals surface area contributed by atoms with Crippen LogP contribution in [0, 0.1) is 0 Å². The molecule has 0 aromatic carbocycles. The van der Waals surface area contributed by atoms with E-state index in [0.717, 1.165) is 18.9 Å². The van der Waals surface area contributed by atoms with Gasteiger partial charge in [0.25, 0.3) is 0 Å². The summed E-state index contributed by atoms with van der Waals surface area (Å²) in [4.78, 5) is 13.7. The first-order valence-electron chi connectivity index (χ1n) is 8.14. The second-order valence-corrected chi connectivity index (χ2v) is 12.4. The summed E-state index contributed by atoms with van der Waals surface area (Å²) in [7, 11) is -1.15. The first-order chi connectivity index (χ1) is 10.4. The van der Waals surface area contributed by atoms with Crippen molar-refractivity contribution in [3.63, 3.8) is 0 Å². The zero-order valence-corrected chi connectivity index (χ0v) is 15.2. The molecule has 1 heterocycles. The van der Waals surface area contributed by atoms with Gasteiger partial charge >= 0.3 is 6.09 Å². The van der Waals surface area contributed by atoms with Crippen molar-refractivity contribution in [2.24, 2.45) is 0 Å². The number of likely N-dealkylation sites (tertiary alicyclic amines) is 1. The molecular weight excluding hydrogens is 302 g/mol. The minimum atomic E-state index is -1.15. The topological polar surface area (TPSA) is 68.2 Å². The van der Waals surface area contributed by atoms with E-state index in [1.165, 1.54) is 0 Å². The lowest BCUT2D eigenvalue weighted by molar-refractivity contribution is -0.0256. The van der Waals surface area contributed by atoms with E-state index < -0.39 is 8.07 Å². The van der Waals surface area contributed by atoms with Crippen LogP contribution in [0.3, 0.4) is 0 Å². The van der Waals surface area contributed by atoms with Crippen molar-refractivity contribution >= 4 is 14.2 Å². The lowest BCUT2D eigenvalue weighted by atomic mass is 10.1. The van der Waals surface area contributed by atoms with Crippen molar-refractivity contribution in [3.8, 4) is 0 Å². The standard InChI is InChI=1S/C15H31NO5Si/c1-22(2,3)13-12-21-15(18)16-6-4-14(5-7-16)20-11-10-19-9-8-17/h14,17H,4-13H2,1-3H3. The van der Waals surface area contributed by atoms with Gasteiger partial charge in [-0.2, -0.15) is 0 Å². The molecule has 1 N–H and O–H groups in total. The Morgan fingerprint density at radius 1 is 1.14 bits per heavy atom. The van der Waals surface area contributed by atoms with E-state index in [2.05, 4.69) is 19.6 Å². The summed E-state index contributed by atoms with van der Waals surface area (Å²) in [6.07, 6.45) is 1.67. The summed E-state index contributed by atoms with van der Waals surface area (Å²) in [5, 5.41) is 8.59. The van der Waals surface area contributed by atoms with Crippen LogP contribution in [0.15, 0.2) is 0 Å². The quantitative estimate of drug-likeness (QED) is 0.516. The van der Waals surface area contributed by atoms with E-state index in [0.29, 0.717) is 39.5 Å². The van der Waals surface area contributed by atoms with E-state index in [1.54, 1.807) is 4.90 Å². The van der Waals surface area contributed by atoms with E-state index in [9.17, 15) is 4.79 Å². The summed E-state index contributed by atoms with van der Waals surface area (Å²) in [5.74, 6) is 0. The Labute approximate surface area is 134 Å². The molecule has 0 saturated carbocycles. The van der Waals surface area contributed by atoms with Crippen LogP contribution in [0.1, 0.15) is 12.8 Å². The average molecular weight is 334 g/mol. The number of nitrogens with zero attached hydrogens (tertiary/aromatic N) is 1. The Bertz CT molecular complexity index is 314. The first kappa shape index (κ1) is 19.4. The van der Waals surface area contributed by atoms with Crippen LogP contribution in [0.2, 0.25) is 25.7 Å². The molecule has 0 aliphatic carbocycles. The third-order valence-corrected chi connectivity index (χ3v) is 5.30. The molecule has 1 amide bonds. The number of ether oxygens (including phenoxy) is 3. The van der Waals surface area contributed by atoms with E-state index >= 15 is 0 Å². The molecule has 7 heteroatoms. The number of hydrogen-bond acceptors (Lipinski definition) is 5. The number of aliphatic hydroxyl groups excluding tert-OH is 1. The molecule has 22 heavy (non-hydrogen) atoms. The lowest BCUT2D eigenvalue weighted by Crippen LogP contribution is -2.41. The van der Waals surface area contributed by atoms with Gasteiger partial charge in [-0.25, -0.2) is 4.79 Å². The van der Waals surface area contributed by atoms with Gasteiger partial charge in [0.15, 0.2) is 0 Å². The molecule has 0 aromatic heterocycles. The molecule has 130 valence electrons. The molecule has 0 radical (unpaired) electrons. The van der Waals surface area contributed by atoms with Crippen LogP contribution in [-0.4, -0.2) is 76.4 Å². The summed E-state index contributed by atoms with van der Waals surface area (Å²) in [6.45, 7) is 10.2. The lowest BCUT2D eigenvalue weighted by Gasteiger charge is -2.31. The third-order valence-electron chi connectivity index (χ3n) is 3.59. The maximum absolute atomic E-state index is 12.0. The van der Waals surface area contributed by atoms with Crippen LogP contribution in [0.5, 0.6) is 0 Å². The predicted molar refractivity (Wildman–Crippen MR) is 88.0 cm³/mol. The Kier molecular flexibility index (Phi) is 9.00. The number of rotatable bonds is 9. The minimum absolute atomic E-state index is 0.0399. The fourth-order valence-electron chi connectivity index (χ4n) is 2.18. The highest BCUT2D eigenvalue weighted by Gasteiger charge is 2.24. The molecule has 0 bridgehead atoms. The number of piperidine rings is 1. The minimum Gasteiger partial charge on any atom is -0.450 e. The molecule has 1 saturated heterocycles. The maximum Gasteiger partial charge on any atom is 0.409 e. The Balaban J connectivity index is 2.10. The van der Waals surface area contributed by atoms with Crippen LogP contribution in [0.4, 0.5) is 4.79 Å². The van der Waals surface area contributed by atoms with Crippen molar-refractivity contribution in [2.75, 3.05) is 46.1 Å². The van der Waals surface area contributed by atoms with Crippen molar-refractivity contribution in [1.82, 2.24) is 4.90 Å². The maximum atomic E-state index is 12.0. The van der Waals surface area contributed by atoms with Gasteiger partial charge in [0.1, 0.15) is 0 Å². The van der Waals surface area contributed by atoms with E-state index in [4.69, 9.17) is 19.3 Å². The van der Waals surface area contributed by atoms with Crippen molar-refractivity contribution in [1.29, 1.82) is 0 Å². The molecular formula is C15H31NO5Si. The molecule has 1 rings (SSSR count). The molecule has 1 aliphatic rings. The highest BCUT2D eigenvalue weighted by Crippen LogP contribution is 2.15. The molecule has 1 fully saturated rings. The molecule has 0 aromatic rings. The molecule has 6 nitrogen and oxygen atoms in total. The number of carbonyl (C=O) groups excluding carboxylic acids is 1. The zero-order valence-electron chi connectivity index (χ0n) is 14.2. The smallest absolute Gasteiger partial charge is 0.409 e. The van der Waals surface area contributed by atoms with Crippen LogP contribution >= 0.6 is 0 Å². The Hall–Kier alpha value is -0.633. The number of carbonyl (C=O) groups is 1. The largest absolute Gasteiger partial charge is 0.450 e. The van der Waals surface area contributed by atoms with Crippen LogP contribution in [0.25, 0.3) is 0 Å². The van der Waals surface area contributed by atoms with E-state index in [1.807, 2.05) is 0 Å². The predicted octanol–water partition coefficient (Wildman–Crippen LogP) is 1.95. The zero-order chi connectivity index (χ0) is 16.4. The van der Waals surface area contributed by atoms with Crippen molar-refractivity contribution < 1.29 is 24.1 Å². The molecule has 1 aliphatic heterocycles. The highest BCUT2D eigenvalue weighted by molar-refractivity contribution is 6.76. The SMILES string of the molecule is C[Si](C)(C)CCOC(=O)N1CCC(OCCOCCO)CC1. The Morgan fingerprint density at radius 3 is 2.41 bits per heavy atom. The molecule has 0 spiro atoms. The van der Waals surface area contributed by atoms with Crippen LogP contribution in [-0.2, 0) is 14.2 Å². The van der Waals surface area contributed by atoms with Crippen LogP contribution < -0.4 is 0 Å². The van der Waals surface area contributed by atoms with Crippen molar-refractivity contribution in [3.05, 3.63) is 0 Å². The van der Waals surface area contributed by atoms with Gasteiger partial charge in [0.2, 0.25) is 0 Å². The highest BCUT2D eigenvalue weighted by atomic mass is 28.3. The van der Waals surface area contributed by atoms with Gasteiger partial charge in [-0.05, 0) is 18.9 Å². The second kappa shape index (κ2) is 10.2. The summed E-state index contributed by atoms with van der Waals surface area (Å²) >= 11 is 0. The van der Waals surface area contributed by atoms with Gasteiger partial charge in [0, 0.05) is 21.2 Å². The summed E-state index contributed by atoms with van der Waals surface area (Å²) in [6, 6.07) is 1.01.